The number of allylic oxidation sites excluding steroid dienone is 2. The van der Waals surface area contributed by atoms with E-state index in [0.29, 0.717) is 11.4 Å². The van der Waals surface area contributed by atoms with E-state index in [4.69, 9.17) is 0 Å². The van der Waals surface area contributed by atoms with Gasteiger partial charge >= 0.3 is 0 Å². The fourth-order valence-corrected chi connectivity index (χ4v) is 3.06. The predicted molar refractivity (Wildman–Crippen MR) is 88.3 cm³/mol. The number of nitrogens with zero attached hydrogens (tertiary/aromatic N) is 5. The van der Waals surface area contributed by atoms with Crippen LogP contribution in [0.2, 0.25) is 0 Å². The van der Waals surface area contributed by atoms with Crippen molar-refractivity contribution in [1.29, 1.82) is 0 Å². The van der Waals surface area contributed by atoms with Crippen molar-refractivity contribution in [1.82, 2.24) is 25.0 Å². The Morgan fingerprint density at radius 1 is 1.24 bits per heavy atom. The van der Waals surface area contributed by atoms with Crippen LogP contribution in [0.25, 0.3) is 5.78 Å². The number of nitrogens with one attached hydrogen (secondary N) is 2. The number of aromatic amines is 1. The van der Waals surface area contributed by atoms with E-state index in [1.54, 1.807) is 12.1 Å². The standard InChI is InChI=1S/C15H13N7O3/c1-7-8(2)16-13-12(14(23)21-15(17-13)18-19-20-21)11(7)9-3-5-10(6-4-9)22(24)25/h3-6,11,16H,1-2H3,(H,17,18,20). The number of hydrogen-bond donors (Lipinski definition) is 2. The van der Waals surface area contributed by atoms with Gasteiger partial charge in [0, 0.05) is 23.7 Å². The summed E-state index contributed by atoms with van der Waals surface area (Å²) in [6.07, 6.45) is 0. The molecule has 4 rings (SSSR count). The van der Waals surface area contributed by atoms with Gasteiger partial charge in [-0.3, -0.25) is 14.9 Å². The Bertz CT molecular complexity index is 1090. The fourth-order valence-electron chi connectivity index (χ4n) is 3.06. The highest BCUT2D eigenvalue weighted by Crippen LogP contribution is 2.39. The lowest BCUT2D eigenvalue weighted by Gasteiger charge is -2.27. The SMILES string of the molecule is CC1=C(C)C(c2ccc([N+](=O)[O-])cc2)c2c(nc3nn[nH]n3c2=O)N1. The number of fused-ring (bicyclic) bond motifs is 2. The van der Waals surface area contributed by atoms with Crippen molar-refractivity contribution in [2.75, 3.05) is 5.32 Å². The number of H-pyrrole nitrogens is 1. The third-order valence-electron chi connectivity index (χ3n) is 4.44. The molecule has 1 aromatic carbocycles. The number of nitro benzene ring substituents is 1. The number of nitro groups is 1. The lowest BCUT2D eigenvalue weighted by Crippen LogP contribution is -2.29. The van der Waals surface area contributed by atoms with E-state index in [2.05, 4.69) is 25.8 Å². The van der Waals surface area contributed by atoms with Gasteiger partial charge in [0.15, 0.2) is 0 Å². The molecular weight excluding hydrogens is 326 g/mol. The van der Waals surface area contributed by atoms with E-state index in [1.807, 2.05) is 13.8 Å². The highest BCUT2D eigenvalue weighted by atomic mass is 16.6. The van der Waals surface area contributed by atoms with Crippen LogP contribution in [0.5, 0.6) is 0 Å². The van der Waals surface area contributed by atoms with Crippen molar-refractivity contribution in [2.24, 2.45) is 0 Å². The molecule has 0 spiro atoms. The second-order valence-corrected chi connectivity index (χ2v) is 5.83. The van der Waals surface area contributed by atoms with Crippen LogP contribution in [0.1, 0.15) is 30.9 Å². The summed E-state index contributed by atoms with van der Waals surface area (Å²) in [5.74, 6) is 0.230. The first-order chi connectivity index (χ1) is 12.0. The molecule has 0 aliphatic carbocycles. The van der Waals surface area contributed by atoms with Gasteiger partial charge < -0.3 is 5.32 Å². The summed E-state index contributed by atoms with van der Waals surface area (Å²) in [4.78, 5) is 27.7. The Hall–Kier alpha value is -3.56. The van der Waals surface area contributed by atoms with Crippen LogP contribution >= 0.6 is 0 Å². The topological polar surface area (TPSA) is 131 Å². The molecule has 1 unspecified atom stereocenters. The van der Waals surface area contributed by atoms with E-state index in [9.17, 15) is 14.9 Å². The first kappa shape index (κ1) is 15.0. The van der Waals surface area contributed by atoms with E-state index in [1.165, 1.54) is 16.6 Å². The van der Waals surface area contributed by atoms with E-state index < -0.39 is 4.92 Å². The number of aromatic nitrogens is 5. The largest absolute Gasteiger partial charge is 0.344 e. The zero-order chi connectivity index (χ0) is 17.7. The van der Waals surface area contributed by atoms with Crippen molar-refractivity contribution in [3.63, 3.8) is 0 Å². The van der Waals surface area contributed by atoms with Crippen molar-refractivity contribution < 1.29 is 4.92 Å². The molecule has 1 aliphatic rings. The molecule has 0 saturated heterocycles. The molecule has 25 heavy (non-hydrogen) atoms. The number of benzene rings is 1. The normalized spacial score (nSPS) is 16.6. The Kier molecular flexibility index (Phi) is 3.14. The van der Waals surface area contributed by atoms with Gasteiger partial charge in [-0.15, -0.1) is 0 Å². The van der Waals surface area contributed by atoms with Crippen LogP contribution in [0, 0.1) is 10.1 Å². The zero-order valence-electron chi connectivity index (χ0n) is 13.3. The molecular formula is C15H13N7O3. The molecule has 0 bridgehead atoms. The average Bonchev–Trinajstić information content (AvgIpc) is 3.06. The van der Waals surface area contributed by atoms with Crippen LogP contribution in [-0.4, -0.2) is 29.9 Å². The summed E-state index contributed by atoms with van der Waals surface area (Å²) in [5, 5.41) is 23.9. The van der Waals surface area contributed by atoms with E-state index >= 15 is 0 Å². The smallest absolute Gasteiger partial charge is 0.281 e. The van der Waals surface area contributed by atoms with Crippen molar-refractivity contribution in [2.45, 2.75) is 19.8 Å². The molecule has 2 aromatic heterocycles. The van der Waals surface area contributed by atoms with Gasteiger partial charge in [0.25, 0.3) is 17.0 Å². The number of tetrazole rings is 1. The molecule has 0 radical (unpaired) electrons. The summed E-state index contributed by atoms with van der Waals surface area (Å²) in [6.45, 7) is 3.81. The third kappa shape index (κ3) is 2.18. The minimum atomic E-state index is -0.454. The predicted octanol–water partition coefficient (Wildman–Crippen LogP) is 1.57. The highest BCUT2D eigenvalue weighted by Gasteiger charge is 2.31. The second-order valence-electron chi connectivity index (χ2n) is 5.83. The van der Waals surface area contributed by atoms with Crippen LogP contribution in [0.4, 0.5) is 11.5 Å². The van der Waals surface area contributed by atoms with Gasteiger partial charge in [-0.25, -0.2) is 0 Å². The summed E-state index contributed by atoms with van der Waals surface area (Å²) in [7, 11) is 0. The van der Waals surface area contributed by atoms with Gasteiger partial charge in [-0.05, 0) is 30.2 Å². The van der Waals surface area contributed by atoms with Gasteiger partial charge in [0.2, 0.25) is 0 Å². The molecule has 10 heteroatoms. The second kappa shape index (κ2) is 5.23. The summed E-state index contributed by atoms with van der Waals surface area (Å²) in [6, 6.07) is 6.18. The first-order valence-corrected chi connectivity index (χ1v) is 7.50. The fraction of sp³-hybridized carbons (Fsp3) is 0.200. The molecule has 0 saturated carbocycles. The number of hydrogen-bond acceptors (Lipinski definition) is 7. The lowest BCUT2D eigenvalue weighted by molar-refractivity contribution is -0.384. The highest BCUT2D eigenvalue weighted by molar-refractivity contribution is 5.62. The van der Waals surface area contributed by atoms with E-state index in [0.717, 1.165) is 16.8 Å². The Morgan fingerprint density at radius 2 is 1.96 bits per heavy atom. The number of non-ortho nitro benzene ring substituents is 1. The molecule has 1 atom stereocenters. The molecule has 126 valence electrons. The van der Waals surface area contributed by atoms with Crippen LogP contribution in [0.3, 0.4) is 0 Å². The van der Waals surface area contributed by atoms with Gasteiger partial charge in [0.05, 0.1) is 10.5 Å². The van der Waals surface area contributed by atoms with Crippen LogP contribution < -0.4 is 10.9 Å². The lowest BCUT2D eigenvalue weighted by atomic mass is 9.83. The van der Waals surface area contributed by atoms with Crippen molar-refractivity contribution in [3.8, 4) is 0 Å². The molecule has 0 amide bonds. The third-order valence-corrected chi connectivity index (χ3v) is 4.44. The first-order valence-electron chi connectivity index (χ1n) is 7.50. The summed E-state index contributed by atoms with van der Waals surface area (Å²) in [5.41, 5.74) is 2.72. The van der Waals surface area contributed by atoms with Crippen LogP contribution in [-0.2, 0) is 0 Å². The monoisotopic (exact) mass is 339 g/mol. The maximum atomic E-state index is 12.9. The maximum absolute atomic E-state index is 12.9. The Morgan fingerprint density at radius 3 is 2.64 bits per heavy atom. The van der Waals surface area contributed by atoms with Gasteiger partial charge in [-0.1, -0.05) is 17.2 Å². The molecule has 0 fully saturated rings. The minimum Gasteiger partial charge on any atom is -0.344 e. The zero-order valence-corrected chi connectivity index (χ0v) is 13.3. The average molecular weight is 339 g/mol. The summed E-state index contributed by atoms with van der Waals surface area (Å²) < 4.78 is 1.17. The Balaban J connectivity index is 1.96. The quantitative estimate of drug-likeness (QED) is 0.535. The van der Waals surface area contributed by atoms with Gasteiger partial charge in [-0.2, -0.15) is 14.7 Å². The number of anilines is 1. The number of rotatable bonds is 2. The molecule has 10 nitrogen and oxygen atoms in total. The maximum Gasteiger partial charge on any atom is 0.281 e. The van der Waals surface area contributed by atoms with Crippen molar-refractivity contribution >= 4 is 17.3 Å². The van der Waals surface area contributed by atoms with Crippen molar-refractivity contribution in [3.05, 3.63) is 67.1 Å². The van der Waals surface area contributed by atoms with Gasteiger partial charge in [0.1, 0.15) is 5.82 Å². The molecule has 1 aliphatic heterocycles. The Labute approximate surface area is 140 Å². The molecule has 2 N–H and O–H groups in total. The molecule has 3 heterocycles. The molecule has 3 aromatic rings. The van der Waals surface area contributed by atoms with Crippen LogP contribution in [0.15, 0.2) is 40.3 Å². The van der Waals surface area contributed by atoms with E-state index in [-0.39, 0.29) is 22.9 Å². The summed E-state index contributed by atoms with van der Waals surface area (Å²) >= 11 is 0. The minimum absolute atomic E-state index is 0.000621.